The Morgan fingerprint density at radius 3 is 2.76 bits per heavy atom. The van der Waals surface area contributed by atoms with E-state index in [9.17, 15) is 0 Å². The van der Waals surface area contributed by atoms with Gasteiger partial charge in [-0.25, -0.2) is 0 Å². The molecule has 0 spiro atoms. The summed E-state index contributed by atoms with van der Waals surface area (Å²) < 4.78 is 0. The average molecular weight is 335 g/mol. The minimum Gasteiger partial charge on any atom is -0.367 e. The maximum Gasteiger partial charge on any atom is 0.0405 e. The number of aryl methyl sites for hydroxylation is 1. The Bertz CT molecular complexity index is 735. The molecular weight excluding hydrogens is 304 g/mol. The first-order valence-corrected chi connectivity index (χ1v) is 9.73. The molecule has 1 saturated carbocycles. The number of fused-ring (bicyclic) bond motifs is 3. The van der Waals surface area contributed by atoms with Gasteiger partial charge in [0.15, 0.2) is 0 Å². The van der Waals surface area contributed by atoms with Crippen molar-refractivity contribution in [3.8, 4) is 0 Å². The molecule has 1 aliphatic carbocycles. The van der Waals surface area contributed by atoms with Gasteiger partial charge in [0.05, 0.1) is 0 Å². The van der Waals surface area contributed by atoms with Gasteiger partial charge in [-0.2, -0.15) is 0 Å². The molecule has 2 aromatic carbocycles. The molecule has 25 heavy (non-hydrogen) atoms. The molecule has 132 valence electrons. The average Bonchev–Trinajstić information content (AvgIpc) is 2.75. The highest BCUT2D eigenvalue weighted by atomic mass is 15.2. The third-order valence-electron chi connectivity index (χ3n) is 6.17. The van der Waals surface area contributed by atoms with Crippen molar-refractivity contribution in [3.05, 3.63) is 65.2 Å². The van der Waals surface area contributed by atoms with E-state index in [1.165, 1.54) is 35.2 Å². The van der Waals surface area contributed by atoms with Crippen LogP contribution in [0.1, 0.15) is 55.2 Å². The Morgan fingerprint density at radius 2 is 1.96 bits per heavy atom. The molecule has 1 unspecified atom stereocenters. The van der Waals surface area contributed by atoms with Gasteiger partial charge in [-0.15, -0.1) is 0 Å². The zero-order chi connectivity index (χ0) is 17.4. The van der Waals surface area contributed by atoms with Crippen LogP contribution in [0.15, 0.2) is 48.5 Å². The van der Waals surface area contributed by atoms with E-state index in [-0.39, 0.29) is 5.54 Å². The minimum atomic E-state index is -0.0319. The summed E-state index contributed by atoms with van der Waals surface area (Å²) in [4.78, 5) is 2.69. The fraction of sp³-hybridized carbons (Fsp3) is 0.478. The van der Waals surface area contributed by atoms with Crippen LogP contribution in [0.3, 0.4) is 0 Å². The van der Waals surface area contributed by atoms with Crippen molar-refractivity contribution >= 4 is 5.69 Å². The van der Waals surface area contributed by atoms with Crippen LogP contribution in [0.5, 0.6) is 0 Å². The van der Waals surface area contributed by atoms with Gasteiger partial charge in [0.2, 0.25) is 0 Å². The second kappa shape index (κ2) is 6.49. The second-order valence-electron chi connectivity index (χ2n) is 8.42. The summed E-state index contributed by atoms with van der Waals surface area (Å²) in [5.74, 6) is 0.586. The van der Waals surface area contributed by atoms with Crippen LogP contribution >= 0.6 is 0 Å². The zero-order valence-electron chi connectivity index (χ0n) is 15.5. The molecule has 4 rings (SSSR count). The molecule has 2 aliphatic rings. The molecule has 1 aliphatic heterocycles. The summed E-state index contributed by atoms with van der Waals surface area (Å²) in [6.07, 6.45) is 5.86. The number of benzene rings is 2. The first-order valence-electron chi connectivity index (χ1n) is 9.73. The van der Waals surface area contributed by atoms with Gasteiger partial charge in [0.25, 0.3) is 0 Å². The summed E-state index contributed by atoms with van der Waals surface area (Å²) in [5, 5.41) is 0. The van der Waals surface area contributed by atoms with Gasteiger partial charge in [0.1, 0.15) is 0 Å². The van der Waals surface area contributed by atoms with Gasteiger partial charge < -0.3 is 10.6 Å². The van der Waals surface area contributed by atoms with Crippen molar-refractivity contribution in [2.75, 3.05) is 11.4 Å². The first-order chi connectivity index (χ1) is 12.0. The lowest BCUT2D eigenvalue weighted by Gasteiger charge is -2.30. The zero-order valence-corrected chi connectivity index (χ0v) is 15.5. The van der Waals surface area contributed by atoms with Gasteiger partial charge in [-0.3, -0.25) is 0 Å². The molecular formula is C23H30N2. The largest absolute Gasteiger partial charge is 0.367 e. The maximum atomic E-state index is 6.62. The van der Waals surface area contributed by atoms with E-state index in [0.717, 1.165) is 25.8 Å². The number of hydrogen-bond donors (Lipinski definition) is 1. The van der Waals surface area contributed by atoms with Crippen LogP contribution in [0.25, 0.3) is 0 Å². The number of nitrogens with two attached hydrogens (primary N) is 1. The number of nitrogens with zero attached hydrogens (tertiary/aromatic N) is 1. The van der Waals surface area contributed by atoms with E-state index in [0.29, 0.717) is 12.0 Å². The van der Waals surface area contributed by atoms with Crippen molar-refractivity contribution in [1.82, 2.24) is 0 Å². The predicted octanol–water partition coefficient (Wildman–Crippen LogP) is 4.80. The van der Waals surface area contributed by atoms with Crippen LogP contribution in [0.4, 0.5) is 5.69 Å². The second-order valence-corrected chi connectivity index (χ2v) is 8.42. The highest BCUT2D eigenvalue weighted by Gasteiger charge is 2.42. The van der Waals surface area contributed by atoms with Gasteiger partial charge >= 0.3 is 0 Å². The molecule has 2 aromatic rings. The van der Waals surface area contributed by atoms with Crippen molar-refractivity contribution in [3.63, 3.8) is 0 Å². The van der Waals surface area contributed by atoms with Crippen LogP contribution < -0.4 is 10.6 Å². The molecule has 2 N–H and O–H groups in total. The Morgan fingerprint density at radius 1 is 1.16 bits per heavy atom. The molecule has 0 amide bonds. The summed E-state index contributed by atoms with van der Waals surface area (Å²) >= 11 is 0. The van der Waals surface area contributed by atoms with Crippen molar-refractivity contribution in [2.45, 2.75) is 63.5 Å². The topological polar surface area (TPSA) is 29.3 Å². The highest BCUT2D eigenvalue weighted by Crippen LogP contribution is 2.48. The normalized spacial score (nSPS) is 28.4. The van der Waals surface area contributed by atoms with E-state index in [1.807, 2.05) is 0 Å². The van der Waals surface area contributed by atoms with Gasteiger partial charge in [-0.1, -0.05) is 48.0 Å². The SMILES string of the molecule is Cc1ccc2c(c1)[C@H]1CC(C)(N)CCC[C@@H]1N2CCc1ccccc1. The molecule has 2 heteroatoms. The third kappa shape index (κ3) is 3.32. The Balaban J connectivity index is 1.64. The van der Waals surface area contributed by atoms with E-state index in [2.05, 4.69) is 67.3 Å². The Hall–Kier alpha value is -1.80. The Kier molecular flexibility index (Phi) is 4.33. The summed E-state index contributed by atoms with van der Waals surface area (Å²) in [6, 6.07) is 18.5. The molecule has 0 saturated heterocycles. The van der Waals surface area contributed by atoms with Crippen molar-refractivity contribution in [1.29, 1.82) is 0 Å². The molecule has 2 nitrogen and oxygen atoms in total. The first kappa shape index (κ1) is 16.7. The van der Waals surface area contributed by atoms with Crippen molar-refractivity contribution < 1.29 is 0 Å². The highest BCUT2D eigenvalue weighted by molar-refractivity contribution is 5.63. The van der Waals surface area contributed by atoms with Gasteiger partial charge in [-0.05, 0) is 63.1 Å². The van der Waals surface area contributed by atoms with E-state index in [4.69, 9.17) is 5.73 Å². The third-order valence-corrected chi connectivity index (χ3v) is 6.17. The monoisotopic (exact) mass is 334 g/mol. The molecule has 1 fully saturated rings. The molecule has 1 heterocycles. The Labute approximate surface area is 152 Å². The molecule has 0 aromatic heterocycles. The lowest BCUT2D eigenvalue weighted by Crippen LogP contribution is -2.39. The summed E-state index contributed by atoms with van der Waals surface area (Å²) in [7, 11) is 0. The fourth-order valence-corrected chi connectivity index (χ4v) is 4.94. The summed E-state index contributed by atoms with van der Waals surface area (Å²) in [5.41, 5.74) is 12.4. The van der Waals surface area contributed by atoms with Crippen LogP contribution in [-0.4, -0.2) is 18.1 Å². The summed E-state index contributed by atoms with van der Waals surface area (Å²) in [6.45, 7) is 5.56. The number of hydrogen-bond acceptors (Lipinski definition) is 2. The molecule has 3 atom stereocenters. The maximum absolute atomic E-state index is 6.62. The van der Waals surface area contributed by atoms with Crippen molar-refractivity contribution in [2.24, 2.45) is 5.73 Å². The van der Waals surface area contributed by atoms with Crippen LogP contribution in [0.2, 0.25) is 0 Å². The van der Waals surface area contributed by atoms with Crippen LogP contribution in [-0.2, 0) is 6.42 Å². The minimum absolute atomic E-state index is 0.0319. The molecule has 0 radical (unpaired) electrons. The molecule has 0 bridgehead atoms. The number of rotatable bonds is 3. The lowest BCUT2D eigenvalue weighted by molar-refractivity contribution is 0.383. The fourth-order valence-electron chi connectivity index (χ4n) is 4.94. The van der Waals surface area contributed by atoms with E-state index < -0.39 is 0 Å². The smallest absolute Gasteiger partial charge is 0.0405 e. The van der Waals surface area contributed by atoms with E-state index >= 15 is 0 Å². The quantitative estimate of drug-likeness (QED) is 0.873. The predicted molar refractivity (Wildman–Crippen MR) is 106 cm³/mol. The van der Waals surface area contributed by atoms with Crippen LogP contribution in [0, 0.1) is 6.92 Å². The lowest BCUT2D eigenvalue weighted by atomic mass is 9.83. The number of anilines is 1. The van der Waals surface area contributed by atoms with E-state index in [1.54, 1.807) is 0 Å². The standard InChI is InChI=1S/C23H30N2/c1-17-10-11-22-19(15-17)20-16-23(2,24)13-6-9-21(20)25(22)14-12-18-7-4-3-5-8-18/h3-5,7-8,10-11,15,20-21H,6,9,12-14,16,24H2,1-2H3/t20-,21+,23?/m1/s1. The van der Waals surface area contributed by atoms with Gasteiger partial charge in [0, 0.05) is 29.7 Å².